The number of aromatic hydroxyl groups is 1. The van der Waals surface area contributed by atoms with Crippen LogP contribution < -0.4 is 64.4 Å². The molecule has 8 nitrogen and oxygen atoms in total. The maximum Gasteiger partial charge on any atom is 1.00 e. The van der Waals surface area contributed by atoms with Crippen LogP contribution in [0.25, 0.3) is 22.4 Å². The minimum absolute atomic E-state index is 0. The first-order chi connectivity index (χ1) is 20.1. The van der Waals surface area contributed by atoms with E-state index in [4.69, 9.17) is 5.11 Å². The zero-order valence-corrected chi connectivity index (χ0v) is 29.5. The topological polar surface area (TPSA) is 132 Å². The molecule has 0 aliphatic rings. The van der Waals surface area contributed by atoms with E-state index in [1.165, 1.54) is 18.2 Å². The van der Waals surface area contributed by atoms with Crippen molar-refractivity contribution in [1.29, 1.82) is 0 Å². The smallest absolute Gasteiger partial charge is 1.00 e. The fraction of sp³-hybridized carbons (Fsp3) is 0.273. The summed E-state index contributed by atoms with van der Waals surface area (Å²) in [5, 5.41) is 43.0. The molecule has 5 N–H and O–H groups in total. The van der Waals surface area contributed by atoms with E-state index in [1.54, 1.807) is 30.3 Å². The molecule has 4 aromatic rings. The van der Waals surface area contributed by atoms with E-state index in [-0.39, 0.29) is 98.7 Å². The van der Waals surface area contributed by atoms with Gasteiger partial charge >= 0.3 is 65.1 Å². The van der Waals surface area contributed by atoms with Gasteiger partial charge in [-0.15, -0.1) is 0 Å². The molecule has 0 aliphatic carbocycles. The summed E-state index contributed by atoms with van der Waals surface area (Å²) in [7, 11) is 0. The Bertz CT molecular complexity index is 1560. The number of benzene rings is 3. The first kappa shape index (κ1) is 37.7. The Labute approximate surface area is 303 Å². The van der Waals surface area contributed by atoms with Crippen molar-refractivity contribution in [2.45, 2.75) is 57.8 Å². The van der Waals surface area contributed by atoms with Crippen LogP contribution in [-0.4, -0.2) is 49.1 Å². The number of anilines is 1. The van der Waals surface area contributed by atoms with Gasteiger partial charge < -0.3 is 33.2 Å². The van der Waals surface area contributed by atoms with Crippen molar-refractivity contribution in [1.82, 2.24) is 4.57 Å². The molecular weight excluding hydrogens is 585 g/mol. The summed E-state index contributed by atoms with van der Waals surface area (Å²) in [6, 6.07) is 21.7. The second-order valence-electron chi connectivity index (χ2n) is 10.6. The minimum atomic E-state index is -1.21. The zero-order chi connectivity index (χ0) is 30.4. The standard InChI is InChI=1S/C33H35FN2O6.2Na.2H/c1-20(2)31-30(33(42)35-26-10-6-7-11-27(26)39)29(21-8-4-3-5-9-21)32(22-12-14-23(34)15-13-22)36(31)17-16-24(37)18-25(38)19-28(40)41;;;;/h3-15,20,24-25,37-39H,16-19H2,1-2H3,(H,35,42)(H,40,41);;;;/q;2*+1;2*-1/t24-,25-;;;;/m1..../s1. The van der Waals surface area contributed by atoms with E-state index in [9.17, 15) is 29.3 Å². The van der Waals surface area contributed by atoms with Gasteiger partial charge in [0.25, 0.3) is 5.91 Å². The second kappa shape index (κ2) is 17.3. The van der Waals surface area contributed by atoms with Gasteiger partial charge in [-0.25, -0.2) is 4.39 Å². The number of nitrogens with zero attached hydrogens (tertiary/aromatic N) is 1. The number of aliphatic hydroxyl groups excluding tert-OH is 2. The molecule has 3 aromatic carbocycles. The molecule has 224 valence electrons. The van der Waals surface area contributed by atoms with Crippen LogP contribution in [0.1, 0.15) is 57.9 Å². The summed E-state index contributed by atoms with van der Waals surface area (Å²) in [6.07, 6.45) is -2.66. The third-order valence-electron chi connectivity index (χ3n) is 7.05. The summed E-state index contributed by atoms with van der Waals surface area (Å²) in [5.41, 5.74) is 3.94. The molecule has 4 rings (SSSR count). The van der Waals surface area contributed by atoms with Crippen LogP contribution in [-0.2, 0) is 11.3 Å². The number of phenols is 1. The van der Waals surface area contributed by atoms with Gasteiger partial charge in [0.1, 0.15) is 11.6 Å². The third kappa shape index (κ3) is 9.28. The number of carboxylic acid groups (broad SMARTS) is 1. The van der Waals surface area contributed by atoms with Crippen molar-refractivity contribution in [2.75, 3.05) is 5.32 Å². The number of hydrogen-bond acceptors (Lipinski definition) is 5. The second-order valence-corrected chi connectivity index (χ2v) is 10.6. The molecule has 11 heteroatoms. The number of halogens is 1. The number of aliphatic carboxylic acids is 1. The van der Waals surface area contributed by atoms with Gasteiger partial charge in [-0.05, 0) is 66.3 Å². The largest absolute Gasteiger partial charge is 1.00 e. The van der Waals surface area contributed by atoms with E-state index in [0.29, 0.717) is 28.1 Å². The predicted octanol–water partition coefficient (Wildman–Crippen LogP) is 0.252. The molecule has 0 aliphatic heterocycles. The van der Waals surface area contributed by atoms with Crippen LogP contribution >= 0.6 is 0 Å². The summed E-state index contributed by atoms with van der Waals surface area (Å²) in [6.45, 7) is 4.11. The maximum atomic E-state index is 14.1. The number of amides is 1. The van der Waals surface area contributed by atoms with Crippen molar-refractivity contribution in [2.24, 2.45) is 0 Å². The monoisotopic (exact) mass is 622 g/mol. The summed E-state index contributed by atoms with van der Waals surface area (Å²) < 4.78 is 16.0. The number of aliphatic hydroxyl groups is 2. The fourth-order valence-electron chi connectivity index (χ4n) is 5.25. The number of para-hydroxylation sites is 2. The first-order valence-corrected chi connectivity index (χ1v) is 13.8. The molecule has 1 amide bonds. The zero-order valence-electron chi connectivity index (χ0n) is 27.5. The maximum absolute atomic E-state index is 14.1. The Kier molecular flexibility index (Phi) is 14.8. The van der Waals surface area contributed by atoms with E-state index in [0.717, 1.165) is 5.56 Å². The van der Waals surface area contributed by atoms with Crippen molar-refractivity contribution in [3.8, 4) is 28.1 Å². The van der Waals surface area contributed by atoms with Gasteiger partial charge in [-0.2, -0.15) is 0 Å². The average Bonchev–Trinajstić information content (AvgIpc) is 3.29. The summed E-state index contributed by atoms with van der Waals surface area (Å²) in [5.74, 6) is -2.28. The van der Waals surface area contributed by atoms with Crippen LogP contribution in [0.15, 0.2) is 78.9 Å². The van der Waals surface area contributed by atoms with Crippen molar-refractivity contribution in [3.63, 3.8) is 0 Å². The van der Waals surface area contributed by atoms with Crippen molar-refractivity contribution < 1.29 is 96.4 Å². The number of carboxylic acids is 1. The normalized spacial score (nSPS) is 12.1. The molecule has 0 spiro atoms. The number of carbonyl (C=O) groups is 2. The van der Waals surface area contributed by atoms with E-state index < -0.39 is 36.3 Å². The Hall–Kier alpha value is -2.47. The molecule has 0 fully saturated rings. The molecule has 0 saturated heterocycles. The Morgan fingerprint density at radius 3 is 2.09 bits per heavy atom. The van der Waals surface area contributed by atoms with Crippen molar-refractivity contribution >= 4 is 17.6 Å². The Morgan fingerprint density at radius 2 is 1.50 bits per heavy atom. The molecular formula is C33H37FN2Na2O6. The van der Waals surface area contributed by atoms with Crippen LogP contribution in [0, 0.1) is 5.82 Å². The third-order valence-corrected chi connectivity index (χ3v) is 7.05. The summed E-state index contributed by atoms with van der Waals surface area (Å²) in [4.78, 5) is 25.1. The SMILES string of the molecule is CC(C)c1c(C(=O)Nc2ccccc2O)c(-c2ccccc2)c(-c2ccc(F)cc2)n1CC[C@@H](O)C[C@@H](O)CC(=O)O.[H-].[H-].[Na+].[Na+]. The van der Waals surface area contributed by atoms with E-state index in [1.807, 2.05) is 48.7 Å². The molecule has 1 heterocycles. The number of nitrogens with one attached hydrogen (secondary N) is 1. The molecule has 0 unspecified atom stereocenters. The average molecular weight is 623 g/mol. The predicted molar refractivity (Wildman–Crippen MR) is 161 cm³/mol. The van der Waals surface area contributed by atoms with Crippen LogP contribution in [0.3, 0.4) is 0 Å². The van der Waals surface area contributed by atoms with Crippen LogP contribution in [0.4, 0.5) is 10.1 Å². The number of phenolic OH excluding ortho intramolecular Hbond substituents is 1. The number of carbonyl (C=O) groups excluding carboxylic acids is 1. The quantitative estimate of drug-likeness (QED) is 0.114. The van der Waals surface area contributed by atoms with Crippen molar-refractivity contribution in [3.05, 3.63) is 95.9 Å². The van der Waals surface area contributed by atoms with Gasteiger partial charge in [0.2, 0.25) is 0 Å². The van der Waals surface area contributed by atoms with E-state index >= 15 is 0 Å². The number of rotatable bonds is 12. The summed E-state index contributed by atoms with van der Waals surface area (Å²) >= 11 is 0. The molecule has 0 bridgehead atoms. The van der Waals surface area contributed by atoms with Gasteiger partial charge in [-0.3, -0.25) is 9.59 Å². The van der Waals surface area contributed by atoms with Gasteiger partial charge in [0, 0.05) is 17.8 Å². The first-order valence-electron chi connectivity index (χ1n) is 13.8. The van der Waals surface area contributed by atoms with Crippen LogP contribution in [0.2, 0.25) is 0 Å². The van der Waals surface area contributed by atoms with Gasteiger partial charge in [0.05, 0.1) is 35.6 Å². The molecule has 2 atom stereocenters. The number of hydrogen-bond donors (Lipinski definition) is 5. The van der Waals surface area contributed by atoms with E-state index in [2.05, 4.69) is 5.32 Å². The Balaban J connectivity index is 0.00000506. The fourth-order valence-corrected chi connectivity index (χ4v) is 5.25. The van der Waals surface area contributed by atoms with Crippen LogP contribution in [0.5, 0.6) is 5.75 Å². The Morgan fingerprint density at radius 1 is 0.886 bits per heavy atom. The molecule has 0 saturated carbocycles. The molecule has 1 aromatic heterocycles. The molecule has 0 radical (unpaired) electrons. The molecule has 44 heavy (non-hydrogen) atoms. The number of aromatic nitrogens is 1. The minimum Gasteiger partial charge on any atom is -1.00 e. The van der Waals surface area contributed by atoms with Gasteiger partial charge in [-0.1, -0.05) is 56.3 Å². The van der Waals surface area contributed by atoms with Gasteiger partial charge in [0.15, 0.2) is 0 Å².